The van der Waals surface area contributed by atoms with Gasteiger partial charge in [-0.15, -0.1) is 0 Å². The molecular formula is C22H33N5O. The van der Waals surface area contributed by atoms with Gasteiger partial charge in [0.2, 0.25) is 5.89 Å². The van der Waals surface area contributed by atoms with Crippen molar-refractivity contribution in [3.63, 3.8) is 0 Å². The van der Waals surface area contributed by atoms with Gasteiger partial charge in [-0.1, -0.05) is 24.6 Å². The molecule has 152 valence electrons. The van der Waals surface area contributed by atoms with Crippen molar-refractivity contribution in [3.05, 3.63) is 41.8 Å². The first-order valence-electron chi connectivity index (χ1n) is 10.2. The second kappa shape index (κ2) is 9.73. The van der Waals surface area contributed by atoms with Gasteiger partial charge in [-0.3, -0.25) is 9.89 Å². The molecule has 28 heavy (non-hydrogen) atoms. The van der Waals surface area contributed by atoms with E-state index in [1.165, 1.54) is 31.5 Å². The zero-order chi connectivity index (χ0) is 19.9. The van der Waals surface area contributed by atoms with Crippen LogP contribution in [0.1, 0.15) is 37.9 Å². The lowest BCUT2D eigenvalue weighted by atomic mass is 9.99. The van der Waals surface area contributed by atoms with Gasteiger partial charge in [-0.2, -0.15) is 0 Å². The quantitative estimate of drug-likeness (QED) is 0.591. The highest BCUT2D eigenvalue weighted by molar-refractivity contribution is 5.79. The Labute approximate surface area is 168 Å². The van der Waals surface area contributed by atoms with Crippen LogP contribution in [0.4, 0.5) is 0 Å². The van der Waals surface area contributed by atoms with Crippen molar-refractivity contribution in [2.24, 2.45) is 10.9 Å². The molecule has 3 rings (SSSR count). The summed E-state index contributed by atoms with van der Waals surface area (Å²) in [4.78, 5) is 11.5. The van der Waals surface area contributed by atoms with E-state index in [1.807, 2.05) is 12.1 Å². The molecule has 6 heteroatoms. The van der Waals surface area contributed by atoms with E-state index in [0.29, 0.717) is 18.5 Å². The number of aromatic nitrogens is 1. The highest BCUT2D eigenvalue weighted by Crippen LogP contribution is 2.19. The molecule has 2 atom stereocenters. The lowest BCUT2D eigenvalue weighted by Gasteiger charge is -2.35. The van der Waals surface area contributed by atoms with Gasteiger partial charge in [0.15, 0.2) is 5.96 Å². The fourth-order valence-electron chi connectivity index (χ4n) is 3.61. The van der Waals surface area contributed by atoms with Crippen LogP contribution in [0, 0.1) is 12.8 Å². The van der Waals surface area contributed by atoms with Crippen molar-refractivity contribution in [3.8, 4) is 11.5 Å². The first-order chi connectivity index (χ1) is 13.5. The monoisotopic (exact) mass is 383 g/mol. The maximum Gasteiger partial charge on any atom is 0.226 e. The zero-order valence-electron chi connectivity index (χ0n) is 17.5. The molecule has 0 bridgehead atoms. The molecule has 1 aromatic carbocycles. The first kappa shape index (κ1) is 20.4. The third-order valence-corrected chi connectivity index (χ3v) is 5.39. The van der Waals surface area contributed by atoms with Gasteiger partial charge in [0.25, 0.3) is 0 Å². The summed E-state index contributed by atoms with van der Waals surface area (Å²) in [5.74, 6) is 2.23. The SMILES string of the molecule is CN=C(NCc1coc(-c2ccc(C)cc2)n1)NCC(C)N1CCCC(C)C1. The van der Waals surface area contributed by atoms with Crippen LogP contribution in [0.25, 0.3) is 11.5 Å². The summed E-state index contributed by atoms with van der Waals surface area (Å²) in [6.45, 7) is 10.5. The Morgan fingerprint density at radius 1 is 1.32 bits per heavy atom. The van der Waals surface area contributed by atoms with E-state index in [0.717, 1.165) is 29.7 Å². The maximum atomic E-state index is 5.63. The van der Waals surface area contributed by atoms with E-state index in [2.05, 4.69) is 58.4 Å². The minimum Gasteiger partial charge on any atom is -0.444 e. The predicted octanol–water partition coefficient (Wildman–Crippen LogP) is 3.44. The van der Waals surface area contributed by atoms with Gasteiger partial charge in [0.05, 0.1) is 12.2 Å². The molecule has 1 aromatic heterocycles. The molecule has 0 radical (unpaired) electrons. The molecule has 2 N–H and O–H groups in total. The van der Waals surface area contributed by atoms with Gasteiger partial charge in [-0.05, 0) is 51.3 Å². The molecule has 0 spiro atoms. The molecular weight excluding hydrogens is 350 g/mol. The number of aliphatic imine (C=N–C) groups is 1. The van der Waals surface area contributed by atoms with E-state index in [4.69, 9.17) is 4.42 Å². The molecule has 1 fully saturated rings. The highest BCUT2D eigenvalue weighted by Gasteiger charge is 2.20. The third-order valence-electron chi connectivity index (χ3n) is 5.39. The van der Waals surface area contributed by atoms with Crippen LogP contribution in [0.5, 0.6) is 0 Å². The second-order valence-corrected chi connectivity index (χ2v) is 7.91. The smallest absolute Gasteiger partial charge is 0.226 e. The van der Waals surface area contributed by atoms with Crippen LogP contribution in [0.3, 0.4) is 0 Å². The number of nitrogens with one attached hydrogen (secondary N) is 2. The third kappa shape index (κ3) is 5.58. The van der Waals surface area contributed by atoms with E-state index in [9.17, 15) is 0 Å². The minimum atomic E-state index is 0.487. The van der Waals surface area contributed by atoms with Crippen molar-refractivity contribution in [1.29, 1.82) is 0 Å². The molecule has 0 aliphatic carbocycles. The van der Waals surface area contributed by atoms with Crippen LogP contribution >= 0.6 is 0 Å². The number of hydrogen-bond acceptors (Lipinski definition) is 4. The van der Waals surface area contributed by atoms with Gasteiger partial charge in [-0.25, -0.2) is 4.98 Å². The van der Waals surface area contributed by atoms with Crippen LogP contribution in [-0.4, -0.2) is 48.6 Å². The highest BCUT2D eigenvalue weighted by atomic mass is 16.3. The number of piperidine rings is 1. The van der Waals surface area contributed by atoms with Gasteiger partial charge >= 0.3 is 0 Å². The average molecular weight is 384 g/mol. The fourth-order valence-corrected chi connectivity index (χ4v) is 3.61. The minimum absolute atomic E-state index is 0.487. The summed E-state index contributed by atoms with van der Waals surface area (Å²) < 4.78 is 5.63. The number of likely N-dealkylation sites (tertiary alicyclic amines) is 1. The molecule has 1 aliphatic heterocycles. The lowest BCUT2D eigenvalue weighted by molar-refractivity contribution is 0.139. The molecule has 0 amide bonds. The molecule has 6 nitrogen and oxygen atoms in total. The Morgan fingerprint density at radius 3 is 2.82 bits per heavy atom. The number of aryl methyl sites for hydroxylation is 1. The normalized spacial score (nSPS) is 19.4. The first-order valence-corrected chi connectivity index (χ1v) is 10.2. The molecule has 2 unspecified atom stereocenters. The Kier molecular flexibility index (Phi) is 7.09. The van der Waals surface area contributed by atoms with E-state index in [1.54, 1.807) is 13.3 Å². The lowest BCUT2D eigenvalue weighted by Crippen LogP contribution is -2.48. The largest absolute Gasteiger partial charge is 0.444 e. The molecule has 0 saturated carbocycles. The van der Waals surface area contributed by atoms with Gasteiger partial charge in [0, 0.05) is 31.7 Å². The van der Waals surface area contributed by atoms with Gasteiger partial charge in [0.1, 0.15) is 6.26 Å². The van der Waals surface area contributed by atoms with Crippen molar-refractivity contribution >= 4 is 5.96 Å². The summed E-state index contributed by atoms with van der Waals surface area (Å²) in [6.07, 6.45) is 4.35. The summed E-state index contributed by atoms with van der Waals surface area (Å²) in [6, 6.07) is 8.67. The summed E-state index contributed by atoms with van der Waals surface area (Å²) in [5.41, 5.74) is 3.07. The van der Waals surface area contributed by atoms with Gasteiger partial charge < -0.3 is 15.1 Å². The van der Waals surface area contributed by atoms with Crippen molar-refractivity contribution < 1.29 is 4.42 Å². The Hall–Kier alpha value is -2.34. The Balaban J connectivity index is 1.47. The summed E-state index contributed by atoms with van der Waals surface area (Å²) in [5, 5.41) is 6.76. The summed E-state index contributed by atoms with van der Waals surface area (Å²) in [7, 11) is 1.80. The maximum absolute atomic E-state index is 5.63. The van der Waals surface area contributed by atoms with Crippen molar-refractivity contribution in [2.45, 2.75) is 46.2 Å². The Bertz CT molecular complexity index is 767. The Morgan fingerprint density at radius 2 is 2.11 bits per heavy atom. The molecule has 2 heterocycles. The van der Waals surface area contributed by atoms with E-state index in [-0.39, 0.29) is 0 Å². The number of benzene rings is 1. The van der Waals surface area contributed by atoms with Crippen LogP contribution < -0.4 is 10.6 Å². The van der Waals surface area contributed by atoms with Crippen LogP contribution in [0.15, 0.2) is 39.9 Å². The van der Waals surface area contributed by atoms with E-state index >= 15 is 0 Å². The molecule has 1 saturated heterocycles. The standard InChI is InChI=1S/C22H33N5O/c1-16-7-9-19(10-8-16)21-26-20(15-28-21)13-25-22(23-4)24-12-18(3)27-11-5-6-17(2)14-27/h7-10,15,17-18H,5-6,11-14H2,1-4H3,(H2,23,24,25). The fraction of sp³-hybridized carbons (Fsp3) is 0.545. The average Bonchev–Trinajstić information content (AvgIpc) is 3.17. The number of guanidine groups is 1. The van der Waals surface area contributed by atoms with Crippen molar-refractivity contribution in [1.82, 2.24) is 20.5 Å². The molecule has 2 aromatic rings. The zero-order valence-corrected chi connectivity index (χ0v) is 17.5. The molecule has 1 aliphatic rings. The predicted molar refractivity (Wildman–Crippen MR) is 114 cm³/mol. The number of rotatable bonds is 6. The second-order valence-electron chi connectivity index (χ2n) is 7.91. The number of oxazole rings is 1. The number of hydrogen-bond donors (Lipinski definition) is 2. The topological polar surface area (TPSA) is 65.7 Å². The van der Waals surface area contributed by atoms with Crippen molar-refractivity contribution in [2.75, 3.05) is 26.7 Å². The summed E-state index contributed by atoms with van der Waals surface area (Å²) >= 11 is 0. The van der Waals surface area contributed by atoms with Crippen LogP contribution in [-0.2, 0) is 6.54 Å². The van der Waals surface area contributed by atoms with E-state index < -0.39 is 0 Å². The number of nitrogens with zero attached hydrogens (tertiary/aromatic N) is 3. The van der Waals surface area contributed by atoms with Crippen LogP contribution in [0.2, 0.25) is 0 Å².